The molecule has 2 nitrogen and oxygen atoms in total. The summed E-state index contributed by atoms with van der Waals surface area (Å²) >= 11 is 7.71. The fraction of sp³-hybridized carbons (Fsp3) is 0.692. The van der Waals surface area contributed by atoms with Crippen LogP contribution in [0.1, 0.15) is 38.1 Å². The molecule has 1 aliphatic rings. The Labute approximate surface area is 113 Å². The summed E-state index contributed by atoms with van der Waals surface area (Å²) in [4.78, 5) is 3.93. The molecule has 1 aromatic heterocycles. The van der Waals surface area contributed by atoms with E-state index in [9.17, 15) is 0 Å². The van der Waals surface area contributed by atoms with Gasteiger partial charge in [-0.05, 0) is 32.4 Å². The Balaban J connectivity index is 2.07. The van der Waals surface area contributed by atoms with Crippen molar-refractivity contribution in [2.24, 2.45) is 0 Å². The van der Waals surface area contributed by atoms with Crippen molar-refractivity contribution in [2.75, 3.05) is 19.6 Å². The lowest BCUT2D eigenvalue weighted by molar-refractivity contribution is 0.106. The normalized spacial score (nSPS) is 28.2. The highest BCUT2D eigenvalue weighted by molar-refractivity contribution is 7.16. The van der Waals surface area contributed by atoms with Gasteiger partial charge in [0.25, 0.3) is 0 Å². The second kappa shape index (κ2) is 5.27. The molecule has 2 heterocycles. The van der Waals surface area contributed by atoms with Crippen LogP contribution in [-0.2, 0) is 0 Å². The number of rotatable bonds is 3. The molecule has 1 N–H and O–H groups in total. The Morgan fingerprint density at radius 2 is 2.35 bits per heavy atom. The first kappa shape index (κ1) is 13.3. The van der Waals surface area contributed by atoms with Crippen molar-refractivity contribution in [3.05, 3.63) is 21.3 Å². The highest BCUT2D eigenvalue weighted by Crippen LogP contribution is 2.32. The summed E-state index contributed by atoms with van der Waals surface area (Å²) < 4.78 is 0.889. The molecule has 2 unspecified atom stereocenters. The number of hydrogen-bond donors (Lipinski definition) is 1. The predicted octanol–water partition coefficient (Wildman–Crippen LogP) is 3.54. The Morgan fingerprint density at radius 3 is 2.94 bits per heavy atom. The molecule has 2 atom stereocenters. The monoisotopic (exact) mass is 272 g/mol. The molecular formula is C13H21ClN2S. The standard InChI is InChI=1S/C13H21ClN2S/c1-4-13(3)9-16(8-7-15-13)10(2)11-5-6-12(14)17-11/h5-6,10,15H,4,7-9H2,1-3H3. The lowest BCUT2D eigenvalue weighted by Crippen LogP contribution is -2.58. The van der Waals surface area contributed by atoms with E-state index in [2.05, 4.69) is 37.1 Å². The van der Waals surface area contributed by atoms with Gasteiger partial charge in [0.1, 0.15) is 0 Å². The molecule has 1 aromatic rings. The number of hydrogen-bond acceptors (Lipinski definition) is 3. The number of piperazine rings is 1. The number of nitrogens with one attached hydrogen (secondary N) is 1. The van der Waals surface area contributed by atoms with Crippen LogP contribution in [0, 0.1) is 0 Å². The summed E-state index contributed by atoms with van der Waals surface area (Å²) in [5.41, 5.74) is 0.258. The highest BCUT2D eigenvalue weighted by atomic mass is 35.5. The van der Waals surface area contributed by atoms with Crippen LogP contribution in [0.3, 0.4) is 0 Å². The Hall–Kier alpha value is -0.0900. The molecular weight excluding hydrogens is 252 g/mol. The maximum Gasteiger partial charge on any atom is 0.0931 e. The van der Waals surface area contributed by atoms with Gasteiger partial charge in [-0.3, -0.25) is 4.90 Å². The Bertz CT molecular complexity index is 379. The fourth-order valence-corrected chi connectivity index (χ4v) is 3.53. The van der Waals surface area contributed by atoms with Crippen LogP contribution in [0.5, 0.6) is 0 Å². The van der Waals surface area contributed by atoms with Crippen LogP contribution in [-0.4, -0.2) is 30.1 Å². The largest absolute Gasteiger partial charge is 0.309 e. The molecule has 1 aliphatic heterocycles. The zero-order chi connectivity index (χ0) is 12.5. The Morgan fingerprint density at radius 1 is 1.59 bits per heavy atom. The van der Waals surface area contributed by atoms with Crippen molar-refractivity contribution in [2.45, 2.75) is 38.8 Å². The minimum atomic E-state index is 0.258. The van der Waals surface area contributed by atoms with Crippen LogP contribution in [0.25, 0.3) is 0 Å². The molecule has 0 spiro atoms. The van der Waals surface area contributed by atoms with Gasteiger partial charge in [-0.2, -0.15) is 0 Å². The lowest BCUT2D eigenvalue weighted by atomic mass is 9.95. The minimum absolute atomic E-state index is 0.258. The second-order valence-corrected chi connectivity index (χ2v) is 6.88. The van der Waals surface area contributed by atoms with E-state index in [0.717, 1.165) is 24.0 Å². The molecule has 1 saturated heterocycles. The first-order valence-electron chi connectivity index (χ1n) is 6.28. The third-order valence-corrected chi connectivity index (χ3v) is 5.24. The fourth-order valence-electron chi connectivity index (χ4n) is 2.38. The molecule has 0 radical (unpaired) electrons. The van der Waals surface area contributed by atoms with Gasteiger partial charge in [0.05, 0.1) is 4.34 Å². The van der Waals surface area contributed by atoms with Gasteiger partial charge in [-0.15, -0.1) is 11.3 Å². The average molecular weight is 273 g/mol. The molecule has 0 aliphatic carbocycles. The number of halogens is 1. The van der Waals surface area contributed by atoms with E-state index < -0.39 is 0 Å². The number of thiophene rings is 1. The van der Waals surface area contributed by atoms with Crippen LogP contribution in [0.4, 0.5) is 0 Å². The van der Waals surface area contributed by atoms with Gasteiger partial charge < -0.3 is 5.32 Å². The molecule has 0 bridgehead atoms. The van der Waals surface area contributed by atoms with Gasteiger partial charge in [0, 0.05) is 36.1 Å². The topological polar surface area (TPSA) is 15.3 Å². The third-order valence-electron chi connectivity index (χ3n) is 3.84. The summed E-state index contributed by atoms with van der Waals surface area (Å²) in [6.07, 6.45) is 1.17. The van der Waals surface area contributed by atoms with E-state index in [0.29, 0.717) is 6.04 Å². The van der Waals surface area contributed by atoms with E-state index >= 15 is 0 Å². The maximum atomic E-state index is 6.01. The second-order valence-electron chi connectivity index (χ2n) is 5.13. The SMILES string of the molecule is CCC1(C)CN(C(C)c2ccc(Cl)s2)CCN1. The minimum Gasteiger partial charge on any atom is -0.309 e. The molecule has 0 saturated carbocycles. The third kappa shape index (κ3) is 3.02. The van der Waals surface area contributed by atoms with Gasteiger partial charge >= 0.3 is 0 Å². The first-order valence-corrected chi connectivity index (χ1v) is 7.48. The van der Waals surface area contributed by atoms with Crippen molar-refractivity contribution in [3.63, 3.8) is 0 Å². The van der Waals surface area contributed by atoms with E-state index in [1.54, 1.807) is 11.3 Å². The average Bonchev–Trinajstić information content (AvgIpc) is 2.75. The van der Waals surface area contributed by atoms with E-state index in [1.807, 2.05) is 6.07 Å². The molecule has 2 rings (SSSR count). The predicted molar refractivity (Wildman–Crippen MR) is 76.0 cm³/mol. The van der Waals surface area contributed by atoms with Crippen LogP contribution in [0.15, 0.2) is 12.1 Å². The zero-order valence-corrected chi connectivity index (χ0v) is 12.4. The van der Waals surface area contributed by atoms with Crippen LogP contribution in [0.2, 0.25) is 4.34 Å². The first-order chi connectivity index (χ1) is 8.04. The summed E-state index contributed by atoms with van der Waals surface area (Å²) in [7, 11) is 0. The smallest absolute Gasteiger partial charge is 0.0931 e. The molecule has 96 valence electrons. The van der Waals surface area contributed by atoms with Gasteiger partial charge in [-0.1, -0.05) is 18.5 Å². The van der Waals surface area contributed by atoms with E-state index in [-0.39, 0.29) is 5.54 Å². The molecule has 1 fully saturated rings. The molecule has 17 heavy (non-hydrogen) atoms. The van der Waals surface area contributed by atoms with Crippen molar-refractivity contribution < 1.29 is 0 Å². The summed E-state index contributed by atoms with van der Waals surface area (Å²) in [5, 5.41) is 3.62. The summed E-state index contributed by atoms with van der Waals surface area (Å²) in [6, 6.07) is 4.63. The van der Waals surface area contributed by atoms with Crippen molar-refractivity contribution in [1.82, 2.24) is 10.2 Å². The van der Waals surface area contributed by atoms with Crippen LogP contribution < -0.4 is 5.32 Å². The lowest BCUT2D eigenvalue weighted by Gasteiger charge is -2.43. The zero-order valence-electron chi connectivity index (χ0n) is 10.8. The molecule has 0 amide bonds. The molecule has 0 aromatic carbocycles. The van der Waals surface area contributed by atoms with Crippen molar-refractivity contribution in [3.8, 4) is 0 Å². The van der Waals surface area contributed by atoms with E-state index in [4.69, 9.17) is 11.6 Å². The van der Waals surface area contributed by atoms with Gasteiger partial charge in [0.2, 0.25) is 0 Å². The summed E-state index contributed by atoms with van der Waals surface area (Å²) in [5.74, 6) is 0. The van der Waals surface area contributed by atoms with E-state index in [1.165, 1.54) is 11.3 Å². The van der Waals surface area contributed by atoms with Crippen LogP contribution >= 0.6 is 22.9 Å². The maximum absolute atomic E-state index is 6.01. The van der Waals surface area contributed by atoms with Gasteiger partial charge in [-0.25, -0.2) is 0 Å². The molecule has 4 heteroatoms. The van der Waals surface area contributed by atoms with Crippen molar-refractivity contribution in [1.29, 1.82) is 0 Å². The quantitative estimate of drug-likeness (QED) is 0.906. The Kier molecular flexibility index (Phi) is 4.14. The number of nitrogens with zero attached hydrogens (tertiary/aromatic N) is 1. The summed E-state index contributed by atoms with van der Waals surface area (Å²) in [6.45, 7) is 10.2. The van der Waals surface area contributed by atoms with Gasteiger partial charge in [0.15, 0.2) is 0 Å². The highest BCUT2D eigenvalue weighted by Gasteiger charge is 2.31. The van der Waals surface area contributed by atoms with Crippen molar-refractivity contribution >= 4 is 22.9 Å².